The highest BCUT2D eigenvalue weighted by Gasteiger charge is 2.32. The molecule has 2 heterocycles. The van der Waals surface area contributed by atoms with Gasteiger partial charge >= 0.3 is 11.7 Å². The van der Waals surface area contributed by atoms with Gasteiger partial charge in [0.05, 0.1) is 16.9 Å². The summed E-state index contributed by atoms with van der Waals surface area (Å²) < 4.78 is 4.88. The molecule has 9 heteroatoms. The first-order valence-corrected chi connectivity index (χ1v) is 6.27. The van der Waals surface area contributed by atoms with Gasteiger partial charge < -0.3 is 4.74 Å². The van der Waals surface area contributed by atoms with E-state index in [2.05, 4.69) is 9.97 Å². The van der Waals surface area contributed by atoms with Gasteiger partial charge in [-0.2, -0.15) is 0 Å². The van der Waals surface area contributed by atoms with Crippen LogP contribution < -0.4 is 16.0 Å². The molecule has 1 aliphatic heterocycles. The Kier molecular flexibility index (Phi) is 3.09. The molecule has 22 heavy (non-hydrogen) atoms. The molecule has 1 aromatic carbocycles. The Morgan fingerprint density at radius 3 is 2.45 bits per heavy atom. The standard InChI is InChI=1S/C13H9N3O6/c17-9-5-8(6-1-3-7(4-2-6)16(20)21)10-11(18)14-13(19)15-12(10)22-9/h1-4,8H,5H2,(H2,14,15,18,19). The Morgan fingerprint density at radius 1 is 1.14 bits per heavy atom. The lowest BCUT2D eigenvalue weighted by molar-refractivity contribution is -0.384. The predicted molar refractivity (Wildman–Crippen MR) is 72.9 cm³/mol. The van der Waals surface area contributed by atoms with Gasteiger partial charge in [0.15, 0.2) is 0 Å². The SMILES string of the molecule is O=C1CC(c2ccc([N+](=O)[O-])cc2)c2c([nH]c(=O)[nH]c2=O)O1. The molecule has 0 aliphatic carbocycles. The first-order chi connectivity index (χ1) is 10.5. The lowest BCUT2D eigenvalue weighted by Gasteiger charge is -2.22. The Hall–Kier alpha value is -3.23. The van der Waals surface area contributed by atoms with Crippen LogP contribution in [0.2, 0.25) is 0 Å². The Labute approximate surface area is 121 Å². The minimum Gasteiger partial charge on any atom is -0.409 e. The number of nitro benzene ring substituents is 1. The van der Waals surface area contributed by atoms with Crippen LogP contribution in [0.3, 0.4) is 0 Å². The van der Waals surface area contributed by atoms with Gasteiger partial charge in [0.2, 0.25) is 5.88 Å². The van der Waals surface area contributed by atoms with Crippen molar-refractivity contribution in [2.75, 3.05) is 0 Å². The number of H-pyrrole nitrogens is 2. The van der Waals surface area contributed by atoms with Crippen LogP contribution in [0.1, 0.15) is 23.5 Å². The van der Waals surface area contributed by atoms with Crippen LogP contribution in [-0.4, -0.2) is 20.9 Å². The van der Waals surface area contributed by atoms with Crippen molar-refractivity contribution < 1.29 is 14.5 Å². The van der Waals surface area contributed by atoms with Gasteiger partial charge in [-0.05, 0) is 5.56 Å². The molecular weight excluding hydrogens is 294 g/mol. The number of ether oxygens (including phenoxy) is 1. The molecule has 1 unspecified atom stereocenters. The number of aromatic nitrogens is 2. The van der Waals surface area contributed by atoms with Crippen molar-refractivity contribution >= 4 is 11.7 Å². The fourth-order valence-corrected chi connectivity index (χ4v) is 2.41. The molecular formula is C13H9N3O6. The fraction of sp³-hybridized carbons (Fsp3) is 0.154. The van der Waals surface area contributed by atoms with E-state index in [4.69, 9.17) is 4.74 Å². The maximum atomic E-state index is 12.0. The zero-order valence-electron chi connectivity index (χ0n) is 11.0. The normalized spacial score (nSPS) is 16.7. The number of aromatic amines is 2. The number of hydrogen-bond acceptors (Lipinski definition) is 6. The molecule has 9 nitrogen and oxygen atoms in total. The minimum absolute atomic E-state index is 0.0973. The molecule has 0 saturated heterocycles. The Morgan fingerprint density at radius 2 is 1.82 bits per heavy atom. The maximum Gasteiger partial charge on any atom is 0.328 e. The number of nitro groups is 1. The van der Waals surface area contributed by atoms with Crippen molar-refractivity contribution in [3.8, 4) is 5.88 Å². The first kappa shape index (κ1) is 13.7. The number of fused-ring (bicyclic) bond motifs is 1. The molecule has 1 atom stereocenters. The molecule has 0 radical (unpaired) electrons. The third kappa shape index (κ3) is 2.28. The zero-order chi connectivity index (χ0) is 15.9. The first-order valence-electron chi connectivity index (χ1n) is 6.27. The van der Waals surface area contributed by atoms with Crippen LogP contribution in [0.15, 0.2) is 33.9 Å². The lowest BCUT2D eigenvalue weighted by Crippen LogP contribution is -2.33. The van der Waals surface area contributed by atoms with Gasteiger partial charge in [-0.1, -0.05) is 12.1 Å². The van der Waals surface area contributed by atoms with Gasteiger partial charge in [0, 0.05) is 18.1 Å². The van der Waals surface area contributed by atoms with Crippen molar-refractivity contribution in [3.63, 3.8) is 0 Å². The molecule has 112 valence electrons. The largest absolute Gasteiger partial charge is 0.409 e. The van der Waals surface area contributed by atoms with Gasteiger partial charge in [-0.25, -0.2) is 4.79 Å². The van der Waals surface area contributed by atoms with Crippen LogP contribution in [0.4, 0.5) is 5.69 Å². The summed E-state index contributed by atoms with van der Waals surface area (Å²) in [6.07, 6.45) is -0.0973. The van der Waals surface area contributed by atoms with Crippen molar-refractivity contribution in [1.82, 2.24) is 9.97 Å². The van der Waals surface area contributed by atoms with E-state index in [-0.39, 0.29) is 23.6 Å². The van der Waals surface area contributed by atoms with E-state index in [1.54, 1.807) is 0 Å². The molecule has 2 N–H and O–H groups in total. The highest BCUT2D eigenvalue weighted by molar-refractivity contribution is 5.76. The number of nitrogens with one attached hydrogen (secondary N) is 2. The molecule has 0 amide bonds. The topological polar surface area (TPSA) is 135 Å². The number of hydrogen-bond donors (Lipinski definition) is 2. The maximum absolute atomic E-state index is 12.0. The summed E-state index contributed by atoms with van der Waals surface area (Å²) in [7, 11) is 0. The lowest BCUT2D eigenvalue weighted by atomic mass is 9.88. The number of esters is 1. The van der Waals surface area contributed by atoms with Crippen molar-refractivity contribution in [2.45, 2.75) is 12.3 Å². The molecule has 0 fully saturated rings. The Bertz CT molecular complexity index is 880. The summed E-state index contributed by atoms with van der Waals surface area (Å²) in [4.78, 5) is 49.3. The highest BCUT2D eigenvalue weighted by Crippen LogP contribution is 2.34. The van der Waals surface area contributed by atoms with E-state index in [1.807, 2.05) is 0 Å². The monoisotopic (exact) mass is 303 g/mol. The number of carbonyl (C=O) groups is 1. The average molecular weight is 303 g/mol. The summed E-state index contributed by atoms with van der Waals surface area (Å²) in [5.41, 5.74) is -0.873. The number of rotatable bonds is 2. The van der Waals surface area contributed by atoms with E-state index in [1.165, 1.54) is 24.3 Å². The van der Waals surface area contributed by atoms with Crippen LogP contribution in [-0.2, 0) is 4.79 Å². The van der Waals surface area contributed by atoms with Gasteiger partial charge in [-0.3, -0.25) is 29.7 Å². The fourth-order valence-electron chi connectivity index (χ4n) is 2.41. The van der Waals surface area contributed by atoms with Gasteiger partial charge in [0.25, 0.3) is 11.2 Å². The molecule has 1 aliphatic rings. The van der Waals surface area contributed by atoms with Crippen LogP contribution in [0, 0.1) is 10.1 Å². The Balaban J connectivity index is 2.13. The second-order valence-electron chi connectivity index (χ2n) is 4.73. The van der Waals surface area contributed by atoms with Crippen LogP contribution in [0.25, 0.3) is 0 Å². The second kappa shape index (κ2) is 4.95. The third-order valence-corrected chi connectivity index (χ3v) is 3.38. The number of nitrogens with zero attached hydrogens (tertiary/aromatic N) is 1. The molecule has 1 aromatic heterocycles. The molecule has 2 aromatic rings. The van der Waals surface area contributed by atoms with E-state index >= 15 is 0 Å². The smallest absolute Gasteiger partial charge is 0.328 e. The molecule has 0 saturated carbocycles. The van der Waals surface area contributed by atoms with Crippen molar-refractivity contribution in [1.29, 1.82) is 0 Å². The molecule has 0 spiro atoms. The van der Waals surface area contributed by atoms with Gasteiger partial charge in [-0.15, -0.1) is 0 Å². The summed E-state index contributed by atoms with van der Waals surface area (Å²) in [6, 6.07) is 5.51. The third-order valence-electron chi connectivity index (χ3n) is 3.38. The van der Waals surface area contributed by atoms with Crippen LogP contribution in [0.5, 0.6) is 5.88 Å². The van der Waals surface area contributed by atoms with Crippen molar-refractivity contribution in [2.24, 2.45) is 0 Å². The number of carbonyl (C=O) groups excluding carboxylic acids is 1. The van der Waals surface area contributed by atoms with Crippen molar-refractivity contribution in [3.05, 3.63) is 66.3 Å². The highest BCUT2D eigenvalue weighted by atomic mass is 16.6. The molecule has 3 rings (SSSR count). The summed E-state index contributed by atoms with van der Waals surface area (Å²) in [6.45, 7) is 0. The summed E-state index contributed by atoms with van der Waals surface area (Å²) >= 11 is 0. The van der Waals surface area contributed by atoms with E-state index in [0.29, 0.717) is 5.56 Å². The number of non-ortho nitro benzene ring substituents is 1. The van der Waals surface area contributed by atoms with Gasteiger partial charge in [0.1, 0.15) is 0 Å². The number of benzene rings is 1. The second-order valence-corrected chi connectivity index (χ2v) is 4.73. The predicted octanol–water partition coefficient (Wildman–Crippen LogP) is 0.412. The van der Waals surface area contributed by atoms with Crippen LogP contribution >= 0.6 is 0 Å². The molecule has 0 bridgehead atoms. The average Bonchev–Trinajstić information content (AvgIpc) is 2.45. The van der Waals surface area contributed by atoms with E-state index in [9.17, 15) is 24.5 Å². The van der Waals surface area contributed by atoms with E-state index in [0.717, 1.165) is 0 Å². The quantitative estimate of drug-likeness (QED) is 0.468. The minimum atomic E-state index is -0.777. The van der Waals surface area contributed by atoms with E-state index < -0.39 is 28.1 Å². The zero-order valence-corrected chi connectivity index (χ0v) is 11.0. The summed E-state index contributed by atoms with van der Waals surface area (Å²) in [5, 5.41) is 10.7. The summed E-state index contributed by atoms with van der Waals surface area (Å²) in [5.74, 6) is -1.43.